The zero-order valence-electron chi connectivity index (χ0n) is 14.7. The third-order valence-electron chi connectivity index (χ3n) is 4.50. The lowest BCUT2D eigenvalue weighted by Gasteiger charge is -2.27. The van der Waals surface area contributed by atoms with Gasteiger partial charge >= 0.3 is 0 Å². The van der Waals surface area contributed by atoms with Gasteiger partial charge in [0, 0.05) is 24.3 Å². The first-order valence-corrected chi connectivity index (χ1v) is 11.0. The van der Waals surface area contributed by atoms with Crippen LogP contribution in [0, 0.1) is 5.92 Å². The molecule has 136 valence electrons. The molecule has 0 bridgehead atoms. The van der Waals surface area contributed by atoms with Gasteiger partial charge in [0.25, 0.3) is 0 Å². The fraction of sp³-hybridized carbons (Fsp3) is 0.588. The standard InChI is InChI=1S/C17H25N5OS2/c1-12(2)25(23)22-14-5-3-13(4-6-14)9-20-17-21-16(11-24-17)15-10-18-7-8-19-15/h7-8,10-14H,3-6,9H2,1-2H3,(H,20,21)(H,22,23)/p+1. The Morgan fingerprint density at radius 1 is 1.24 bits per heavy atom. The maximum atomic E-state index is 11.9. The van der Waals surface area contributed by atoms with Gasteiger partial charge in [-0.05, 0) is 45.4 Å². The number of thiol groups is 1. The van der Waals surface area contributed by atoms with Crippen LogP contribution in [0.25, 0.3) is 11.4 Å². The van der Waals surface area contributed by atoms with Crippen LogP contribution in [0.5, 0.6) is 0 Å². The lowest BCUT2D eigenvalue weighted by molar-refractivity contribution is 0.326. The molecule has 1 aliphatic carbocycles. The quantitative estimate of drug-likeness (QED) is 0.570. The monoisotopic (exact) mass is 380 g/mol. The zero-order chi connectivity index (χ0) is 17.6. The van der Waals surface area contributed by atoms with Crippen molar-refractivity contribution in [2.24, 2.45) is 5.92 Å². The van der Waals surface area contributed by atoms with Crippen molar-refractivity contribution in [1.29, 1.82) is 0 Å². The van der Waals surface area contributed by atoms with Crippen LogP contribution in [-0.4, -0.2) is 32.8 Å². The number of nitrogens with zero attached hydrogens (tertiary/aromatic N) is 3. The molecule has 0 aromatic carbocycles. The number of rotatable bonds is 7. The highest BCUT2D eigenvalue weighted by molar-refractivity contribution is 7.83. The second kappa shape index (κ2) is 8.82. The summed E-state index contributed by atoms with van der Waals surface area (Å²) in [4.78, 5) is 13.0. The average molecular weight is 381 g/mol. The summed E-state index contributed by atoms with van der Waals surface area (Å²) in [7, 11) is -1.28. The van der Waals surface area contributed by atoms with Crippen molar-refractivity contribution in [1.82, 2.24) is 19.7 Å². The van der Waals surface area contributed by atoms with Crippen molar-refractivity contribution in [3.63, 3.8) is 0 Å². The molecule has 0 spiro atoms. The molecule has 1 unspecified atom stereocenters. The van der Waals surface area contributed by atoms with Gasteiger partial charge in [0.15, 0.2) is 5.13 Å². The highest BCUT2D eigenvalue weighted by Crippen LogP contribution is 2.27. The SMILES string of the molecule is CC(C)[SH+](=O)NC1CCC(CNc2nc(-c3cnccn3)cs2)CC1. The maximum absolute atomic E-state index is 11.9. The Labute approximate surface area is 155 Å². The lowest BCUT2D eigenvalue weighted by atomic mass is 9.86. The maximum Gasteiger partial charge on any atom is 0.183 e. The molecule has 2 aromatic rings. The molecule has 6 nitrogen and oxygen atoms in total. The van der Waals surface area contributed by atoms with E-state index in [0.717, 1.165) is 48.7 Å². The molecule has 25 heavy (non-hydrogen) atoms. The smallest absolute Gasteiger partial charge is 0.183 e. The molecule has 8 heteroatoms. The summed E-state index contributed by atoms with van der Waals surface area (Å²) in [5.41, 5.74) is 1.67. The predicted octanol–water partition coefficient (Wildman–Crippen LogP) is 3.18. The number of hydrogen-bond acceptors (Lipinski definition) is 6. The van der Waals surface area contributed by atoms with Crippen LogP contribution in [0.15, 0.2) is 24.0 Å². The van der Waals surface area contributed by atoms with Gasteiger partial charge in [-0.1, -0.05) is 4.21 Å². The van der Waals surface area contributed by atoms with Gasteiger partial charge in [0.05, 0.1) is 12.2 Å². The van der Waals surface area contributed by atoms with Crippen molar-refractivity contribution in [3.8, 4) is 11.4 Å². The van der Waals surface area contributed by atoms with Crippen LogP contribution < -0.4 is 10.0 Å². The molecule has 0 aliphatic heterocycles. The Kier molecular flexibility index (Phi) is 6.50. The van der Waals surface area contributed by atoms with Crippen molar-refractivity contribution in [2.45, 2.75) is 50.8 Å². The minimum atomic E-state index is -1.28. The fourth-order valence-corrected chi connectivity index (χ4v) is 4.59. The van der Waals surface area contributed by atoms with Crippen LogP contribution in [-0.2, 0) is 15.2 Å². The minimum absolute atomic E-state index is 0.211. The highest BCUT2D eigenvalue weighted by atomic mass is 32.2. The normalized spacial score (nSPS) is 22.0. The summed E-state index contributed by atoms with van der Waals surface area (Å²) < 4.78 is 15.2. The van der Waals surface area contributed by atoms with Gasteiger partial charge in [-0.3, -0.25) is 9.97 Å². The molecule has 1 aliphatic rings. The Morgan fingerprint density at radius 3 is 2.72 bits per heavy atom. The summed E-state index contributed by atoms with van der Waals surface area (Å²) in [5.74, 6) is 0.652. The largest absolute Gasteiger partial charge is 0.361 e. The first-order valence-electron chi connectivity index (χ1n) is 8.80. The van der Waals surface area contributed by atoms with E-state index in [9.17, 15) is 4.21 Å². The molecular weight excluding hydrogens is 354 g/mol. The van der Waals surface area contributed by atoms with Crippen LogP contribution in [0.2, 0.25) is 0 Å². The van der Waals surface area contributed by atoms with Crippen molar-refractivity contribution in [3.05, 3.63) is 24.0 Å². The Hall–Kier alpha value is -1.38. The molecule has 0 amide bonds. The summed E-state index contributed by atoms with van der Waals surface area (Å²) >= 11 is 1.60. The Morgan fingerprint density at radius 2 is 2.04 bits per heavy atom. The molecular formula is C17H26N5OS2+. The number of nitrogens with one attached hydrogen (secondary N) is 2. The van der Waals surface area contributed by atoms with E-state index in [1.807, 2.05) is 19.2 Å². The van der Waals surface area contributed by atoms with Gasteiger partial charge < -0.3 is 5.32 Å². The van der Waals surface area contributed by atoms with Crippen molar-refractivity contribution in [2.75, 3.05) is 11.9 Å². The molecule has 0 radical (unpaired) electrons. The van der Waals surface area contributed by atoms with Crippen molar-refractivity contribution < 1.29 is 4.21 Å². The average Bonchev–Trinajstić information content (AvgIpc) is 3.11. The van der Waals surface area contributed by atoms with Gasteiger partial charge in [-0.15, -0.1) is 16.1 Å². The Balaban J connectivity index is 1.43. The summed E-state index contributed by atoms with van der Waals surface area (Å²) in [5, 5.41) is 6.61. The van der Waals surface area contributed by atoms with Gasteiger partial charge in [-0.25, -0.2) is 4.98 Å². The van der Waals surface area contributed by atoms with E-state index in [2.05, 4.69) is 25.0 Å². The van der Waals surface area contributed by atoms with Gasteiger partial charge in [0.1, 0.15) is 27.6 Å². The van der Waals surface area contributed by atoms with Crippen LogP contribution >= 0.6 is 11.3 Å². The number of thiazole rings is 1. The summed E-state index contributed by atoms with van der Waals surface area (Å²) in [6.45, 7) is 4.95. The molecule has 1 fully saturated rings. The molecule has 0 saturated heterocycles. The Bertz CT molecular complexity index is 683. The zero-order valence-corrected chi connectivity index (χ0v) is 16.4. The van der Waals surface area contributed by atoms with Gasteiger partial charge in [-0.2, -0.15) is 0 Å². The molecule has 2 aromatic heterocycles. The fourth-order valence-electron chi connectivity index (χ4n) is 2.96. The van der Waals surface area contributed by atoms with Crippen molar-refractivity contribution >= 4 is 27.5 Å². The summed E-state index contributed by atoms with van der Waals surface area (Å²) in [6.07, 6.45) is 9.60. The summed E-state index contributed by atoms with van der Waals surface area (Å²) in [6, 6.07) is 0.408. The van der Waals surface area contributed by atoms with E-state index in [0.29, 0.717) is 12.0 Å². The molecule has 3 rings (SSSR count). The molecule has 1 atom stereocenters. The van der Waals surface area contributed by atoms with E-state index in [1.165, 1.54) is 0 Å². The predicted molar refractivity (Wildman–Crippen MR) is 105 cm³/mol. The number of anilines is 1. The lowest BCUT2D eigenvalue weighted by Crippen LogP contribution is -2.37. The molecule has 1 saturated carbocycles. The first kappa shape index (κ1) is 18.4. The third-order valence-corrected chi connectivity index (χ3v) is 6.85. The third kappa shape index (κ3) is 5.29. The van der Waals surface area contributed by atoms with E-state index in [-0.39, 0.29) is 5.25 Å². The van der Waals surface area contributed by atoms with Crippen LogP contribution in [0.1, 0.15) is 39.5 Å². The van der Waals surface area contributed by atoms with E-state index < -0.39 is 11.0 Å². The highest BCUT2D eigenvalue weighted by Gasteiger charge is 2.25. The first-order chi connectivity index (χ1) is 12.1. The van der Waals surface area contributed by atoms with Gasteiger partial charge in [0.2, 0.25) is 0 Å². The second-order valence-corrected chi connectivity index (χ2v) is 9.58. The number of hydrogen-bond donors (Lipinski definition) is 2. The van der Waals surface area contributed by atoms with E-state index >= 15 is 0 Å². The van der Waals surface area contributed by atoms with E-state index in [4.69, 9.17) is 0 Å². The molecule has 2 heterocycles. The number of aromatic nitrogens is 3. The van der Waals surface area contributed by atoms with E-state index in [1.54, 1.807) is 29.9 Å². The topological polar surface area (TPSA) is 79.8 Å². The van der Waals surface area contributed by atoms with Crippen LogP contribution in [0.3, 0.4) is 0 Å². The second-order valence-electron chi connectivity index (χ2n) is 6.78. The molecule has 2 N–H and O–H groups in total. The minimum Gasteiger partial charge on any atom is -0.361 e. The van der Waals surface area contributed by atoms with Crippen LogP contribution in [0.4, 0.5) is 5.13 Å².